The lowest BCUT2D eigenvalue weighted by atomic mass is 10.0. The van der Waals surface area contributed by atoms with E-state index in [1.54, 1.807) is 24.5 Å². The summed E-state index contributed by atoms with van der Waals surface area (Å²) >= 11 is 0. The van der Waals surface area contributed by atoms with E-state index in [0.29, 0.717) is 18.7 Å². The second-order valence-electron chi connectivity index (χ2n) is 7.30. The molecule has 1 aliphatic heterocycles. The van der Waals surface area contributed by atoms with Crippen LogP contribution in [0.15, 0.2) is 73.1 Å². The molecule has 2 heterocycles. The summed E-state index contributed by atoms with van der Waals surface area (Å²) < 4.78 is 5.78. The first-order valence-corrected chi connectivity index (χ1v) is 9.88. The van der Waals surface area contributed by atoms with Gasteiger partial charge >= 0.3 is 0 Å². The Morgan fingerprint density at radius 2 is 1.86 bits per heavy atom. The van der Waals surface area contributed by atoms with E-state index in [1.165, 1.54) is 0 Å². The molecule has 1 N–H and O–H groups in total. The van der Waals surface area contributed by atoms with Crippen LogP contribution in [0, 0.1) is 0 Å². The molecular formula is C24H24N2O3. The van der Waals surface area contributed by atoms with Crippen LogP contribution in [0.1, 0.15) is 28.8 Å². The molecule has 3 aromatic rings. The van der Waals surface area contributed by atoms with E-state index in [2.05, 4.69) is 4.98 Å². The summed E-state index contributed by atoms with van der Waals surface area (Å²) in [5.41, 5.74) is 3.58. The highest BCUT2D eigenvalue weighted by Crippen LogP contribution is 2.24. The highest BCUT2D eigenvalue weighted by atomic mass is 16.5. The van der Waals surface area contributed by atoms with Crippen molar-refractivity contribution in [2.24, 2.45) is 0 Å². The molecule has 148 valence electrons. The topological polar surface area (TPSA) is 62.7 Å². The molecule has 1 fully saturated rings. The van der Waals surface area contributed by atoms with Gasteiger partial charge in [-0.2, -0.15) is 0 Å². The Hall–Kier alpha value is -3.18. The van der Waals surface area contributed by atoms with Crippen LogP contribution in [0.5, 0.6) is 5.75 Å². The first-order valence-electron chi connectivity index (χ1n) is 9.88. The SMILES string of the molecule is O=C(c1cccc(-c2ccc(O)cc2)c1)N(Cc1ccncc1)C[C@@H]1CCCO1. The Morgan fingerprint density at radius 3 is 2.59 bits per heavy atom. The number of nitrogens with zero attached hydrogens (tertiary/aromatic N) is 2. The second kappa shape index (κ2) is 8.88. The third kappa shape index (κ3) is 4.81. The molecule has 0 unspecified atom stereocenters. The van der Waals surface area contributed by atoms with Crippen LogP contribution < -0.4 is 0 Å². The molecule has 1 aliphatic rings. The van der Waals surface area contributed by atoms with Crippen molar-refractivity contribution in [3.05, 3.63) is 84.2 Å². The smallest absolute Gasteiger partial charge is 0.254 e. The Morgan fingerprint density at radius 1 is 1.07 bits per heavy atom. The number of amides is 1. The summed E-state index contributed by atoms with van der Waals surface area (Å²) in [5.74, 6) is 0.207. The molecule has 2 aromatic carbocycles. The summed E-state index contributed by atoms with van der Waals surface area (Å²) in [6.07, 6.45) is 5.60. The number of hydrogen-bond donors (Lipinski definition) is 1. The predicted octanol–water partition coefficient (Wildman–Crippen LogP) is 4.28. The third-order valence-corrected chi connectivity index (χ3v) is 5.17. The van der Waals surface area contributed by atoms with E-state index < -0.39 is 0 Å². The number of hydrogen-bond acceptors (Lipinski definition) is 4. The zero-order valence-electron chi connectivity index (χ0n) is 16.2. The molecule has 0 spiro atoms. The van der Waals surface area contributed by atoms with Gasteiger partial charge in [-0.3, -0.25) is 9.78 Å². The number of carbonyl (C=O) groups excluding carboxylic acids is 1. The maximum Gasteiger partial charge on any atom is 0.254 e. The summed E-state index contributed by atoms with van der Waals surface area (Å²) in [6.45, 7) is 1.85. The Bertz CT molecular complexity index is 951. The van der Waals surface area contributed by atoms with Crippen molar-refractivity contribution >= 4 is 5.91 Å². The van der Waals surface area contributed by atoms with E-state index in [-0.39, 0.29) is 17.8 Å². The third-order valence-electron chi connectivity index (χ3n) is 5.17. The Kier molecular flexibility index (Phi) is 5.86. The fourth-order valence-electron chi connectivity index (χ4n) is 3.63. The van der Waals surface area contributed by atoms with Crippen molar-refractivity contribution in [1.29, 1.82) is 0 Å². The van der Waals surface area contributed by atoms with E-state index in [0.717, 1.165) is 36.1 Å². The van der Waals surface area contributed by atoms with E-state index in [4.69, 9.17) is 4.74 Å². The quantitative estimate of drug-likeness (QED) is 0.685. The van der Waals surface area contributed by atoms with Gasteiger partial charge in [0.05, 0.1) is 6.10 Å². The fourth-order valence-corrected chi connectivity index (χ4v) is 3.63. The molecule has 1 aromatic heterocycles. The predicted molar refractivity (Wildman–Crippen MR) is 111 cm³/mol. The van der Waals surface area contributed by atoms with Gasteiger partial charge in [0.15, 0.2) is 0 Å². The average Bonchev–Trinajstić information content (AvgIpc) is 3.27. The van der Waals surface area contributed by atoms with Gasteiger partial charge < -0.3 is 14.7 Å². The number of rotatable bonds is 6. The van der Waals surface area contributed by atoms with Crippen molar-refractivity contribution in [3.8, 4) is 16.9 Å². The summed E-state index contributed by atoms with van der Waals surface area (Å²) in [5, 5.41) is 9.52. The molecule has 1 saturated heterocycles. The van der Waals surface area contributed by atoms with Crippen LogP contribution in [-0.2, 0) is 11.3 Å². The lowest BCUT2D eigenvalue weighted by molar-refractivity contribution is 0.0507. The molecule has 0 radical (unpaired) electrons. The minimum Gasteiger partial charge on any atom is -0.508 e. The molecule has 29 heavy (non-hydrogen) atoms. The number of pyridine rings is 1. The van der Waals surface area contributed by atoms with E-state index >= 15 is 0 Å². The van der Waals surface area contributed by atoms with Crippen LogP contribution >= 0.6 is 0 Å². The van der Waals surface area contributed by atoms with Crippen molar-refractivity contribution < 1.29 is 14.6 Å². The minimum atomic E-state index is -0.0158. The molecular weight excluding hydrogens is 364 g/mol. The van der Waals surface area contributed by atoms with Crippen molar-refractivity contribution in [2.45, 2.75) is 25.5 Å². The van der Waals surface area contributed by atoms with Crippen LogP contribution in [-0.4, -0.2) is 40.2 Å². The Labute approximate surface area is 170 Å². The molecule has 1 atom stereocenters. The van der Waals surface area contributed by atoms with Gasteiger partial charge in [-0.15, -0.1) is 0 Å². The lowest BCUT2D eigenvalue weighted by Crippen LogP contribution is -2.37. The highest BCUT2D eigenvalue weighted by molar-refractivity contribution is 5.95. The largest absolute Gasteiger partial charge is 0.508 e. The number of phenolic OH excluding ortho intramolecular Hbond substituents is 1. The molecule has 1 amide bonds. The zero-order chi connectivity index (χ0) is 20.1. The minimum absolute atomic E-state index is 0.0158. The number of carbonyl (C=O) groups is 1. The van der Waals surface area contributed by atoms with Gasteiger partial charge in [-0.25, -0.2) is 0 Å². The monoisotopic (exact) mass is 388 g/mol. The normalized spacial score (nSPS) is 15.9. The summed E-state index contributed by atoms with van der Waals surface area (Å²) in [4.78, 5) is 19.3. The van der Waals surface area contributed by atoms with E-state index in [1.807, 2.05) is 53.4 Å². The molecule has 5 nitrogen and oxygen atoms in total. The summed E-state index contributed by atoms with van der Waals surface area (Å²) in [7, 11) is 0. The number of phenols is 1. The molecule has 5 heteroatoms. The maximum atomic E-state index is 13.4. The number of benzene rings is 2. The molecule has 4 rings (SSSR count). The second-order valence-corrected chi connectivity index (χ2v) is 7.30. The Balaban J connectivity index is 1.59. The highest BCUT2D eigenvalue weighted by Gasteiger charge is 2.24. The van der Waals surface area contributed by atoms with Gasteiger partial charge in [0.1, 0.15) is 5.75 Å². The van der Waals surface area contributed by atoms with Gasteiger partial charge in [0.25, 0.3) is 5.91 Å². The van der Waals surface area contributed by atoms with Crippen LogP contribution in [0.4, 0.5) is 0 Å². The zero-order valence-corrected chi connectivity index (χ0v) is 16.2. The fraction of sp³-hybridized carbons (Fsp3) is 0.250. The van der Waals surface area contributed by atoms with Gasteiger partial charge in [0.2, 0.25) is 0 Å². The lowest BCUT2D eigenvalue weighted by Gasteiger charge is -2.26. The van der Waals surface area contributed by atoms with Crippen LogP contribution in [0.25, 0.3) is 11.1 Å². The van der Waals surface area contributed by atoms with Crippen molar-refractivity contribution in [2.75, 3.05) is 13.2 Å². The molecule has 0 bridgehead atoms. The van der Waals surface area contributed by atoms with Crippen molar-refractivity contribution in [1.82, 2.24) is 9.88 Å². The molecule has 0 aliphatic carbocycles. The van der Waals surface area contributed by atoms with Gasteiger partial charge in [-0.05, 0) is 65.9 Å². The maximum absolute atomic E-state index is 13.4. The van der Waals surface area contributed by atoms with Gasteiger partial charge in [-0.1, -0.05) is 24.3 Å². The number of ether oxygens (including phenoxy) is 1. The van der Waals surface area contributed by atoms with Crippen molar-refractivity contribution in [3.63, 3.8) is 0 Å². The number of aromatic hydroxyl groups is 1. The summed E-state index contributed by atoms with van der Waals surface area (Å²) in [6, 6.07) is 18.5. The first kappa shape index (κ1) is 19.2. The standard InChI is InChI=1S/C24H24N2O3/c27-22-8-6-19(7-9-22)20-3-1-4-21(15-20)24(28)26(17-23-5-2-14-29-23)16-18-10-12-25-13-11-18/h1,3-4,6-13,15,23,27H,2,5,14,16-17H2/t23-/m0/s1. The molecule has 0 saturated carbocycles. The van der Waals surface area contributed by atoms with Crippen LogP contribution in [0.3, 0.4) is 0 Å². The first-order chi connectivity index (χ1) is 14.2. The number of aromatic nitrogens is 1. The van der Waals surface area contributed by atoms with Crippen LogP contribution in [0.2, 0.25) is 0 Å². The van der Waals surface area contributed by atoms with Gasteiger partial charge in [0, 0.05) is 37.7 Å². The average molecular weight is 388 g/mol. The van der Waals surface area contributed by atoms with E-state index in [9.17, 15) is 9.90 Å².